The third-order valence-corrected chi connectivity index (χ3v) is 2.88. The molecule has 0 aliphatic carbocycles. The Balaban J connectivity index is 2.18. The average molecular weight is 230 g/mol. The second-order valence-electron chi connectivity index (χ2n) is 3.95. The van der Waals surface area contributed by atoms with Crippen LogP contribution in [0.3, 0.4) is 0 Å². The SMILES string of the molecule is O=C(O)C1Cc2oncc2-c2ccccc2N1. The Kier molecular flexibility index (Phi) is 2.11. The van der Waals surface area contributed by atoms with Crippen LogP contribution in [0.5, 0.6) is 0 Å². The molecule has 1 atom stereocenters. The fraction of sp³-hybridized carbons (Fsp3) is 0.167. The normalized spacial score (nSPS) is 17.5. The van der Waals surface area contributed by atoms with E-state index in [9.17, 15) is 4.79 Å². The largest absolute Gasteiger partial charge is 0.480 e. The first-order chi connectivity index (χ1) is 8.25. The molecule has 0 fully saturated rings. The van der Waals surface area contributed by atoms with Gasteiger partial charge in [0.05, 0.1) is 6.20 Å². The molecule has 17 heavy (non-hydrogen) atoms. The van der Waals surface area contributed by atoms with Gasteiger partial charge in [-0.15, -0.1) is 0 Å². The van der Waals surface area contributed by atoms with Gasteiger partial charge in [0.2, 0.25) is 0 Å². The molecule has 1 aromatic heterocycles. The standard InChI is InChI=1S/C12H10N2O3/c15-12(16)10-5-11-8(6-13-17-11)7-3-1-2-4-9(7)14-10/h1-4,6,10,14H,5H2,(H,15,16). The van der Waals surface area contributed by atoms with E-state index in [0.717, 1.165) is 16.8 Å². The lowest BCUT2D eigenvalue weighted by Crippen LogP contribution is -2.30. The summed E-state index contributed by atoms with van der Waals surface area (Å²) in [5.74, 6) is -0.293. The molecular weight excluding hydrogens is 220 g/mol. The molecule has 1 unspecified atom stereocenters. The fourth-order valence-electron chi connectivity index (χ4n) is 2.05. The summed E-state index contributed by atoms with van der Waals surface area (Å²) in [5, 5.41) is 15.9. The van der Waals surface area contributed by atoms with Gasteiger partial charge in [-0.3, -0.25) is 0 Å². The molecule has 1 aliphatic rings. The van der Waals surface area contributed by atoms with E-state index in [1.165, 1.54) is 0 Å². The molecule has 5 heteroatoms. The topological polar surface area (TPSA) is 75.4 Å². The Morgan fingerprint density at radius 3 is 3.06 bits per heavy atom. The Bertz CT molecular complexity index is 577. The first kappa shape index (κ1) is 9.89. The number of rotatable bonds is 1. The molecule has 0 amide bonds. The number of carboxylic acid groups (broad SMARTS) is 1. The lowest BCUT2D eigenvalue weighted by atomic mass is 10.0. The highest BCUT2D eigenvalue weighted by molar-refractivity contribution is 5.86. The maximum Gasteiger partial charge on any atom is 0.326 e. The lowest BCUT2D eigenvalue weighted by Gasteiger charge is -2.12. The number of nitrogens with zero attached hydrogens (tertiary/aromatic N) is 1. The van der Waals surface area contributed by atoms with Crippen molar-refractivity contribution in [2.75, 3.05) is 5.32 Å². The van der Waals surface area contributed by atoms with Gasteiger partial charge < -0.3 is 14.9 Å². The molecule has 5 nitrogen and oxygen atoms in total. The molecule has 0 bridgehead atoms. The van der Waals surface area contributed by atoms with Gasteiger partial charge in [-0.05, 0) is 6.07 Å². The van der Waals surface area contributed by atoms with Crippen LogP contribution in [-0.4, -0.2) is 22.3 Å². The van der Waals surface area contributed by atoms with Gasteiger partial charge in [0.25, 0.3) is 0 Å². The third kappa shape index (κ3) is 1.56. The molecule has 1 aromatic carbocycles. The molecule has 3 rings (SSSR count). The maximum absolute atomic E-state index is 11.1. The molecule has 0 radical (unpaired) electrons. The maximum atomic E-state index is 11.1. The zero-order valence-corrected chi connectivity index (χ0v) is 8.88. The molecule has 2 N–H and O–H groups in total. The minimum Gasteiger partial charge on any atom is -0.480 e. The number of aromatic nitrogens is 1. The Labute approximate surface area is 97.0 Å². The minimum atomic E-state index is -0.899. The Morgan fingerprint density at radius 1 is 1.41 bits per heavy atom. The van der Waals surface area contributed by atoms with Crippen LogP contribution < -0.4 is 5.32 Å². The van der Waals surface area contributed by atoms with E-state index in [4.69, 9.17) is 9.63 Å². The monoisotopic (exact) mass is 230 g/mol. The summed E-state index contributed by atoms with van der Waals surface area (Å²) in [7, 11) is 0. The third-order valence-electron chi connectivity index (χ3n) is 2.88. The molecule has 1 aliphatic heterocycles. The number of fused-ring (bicyclic) bond motifs is 3. The molecule has 86 valence electrons. The highest BCUT2D eigenvalue weighted by atomic mass is 16.5. The fourth-order valence-corrected chi connectivity index (χ4v) is 2.05. The number of carbonyl (C=O) groups is 1. The van der Waals surface area contributed by atoms with Gasteiger partial charge in [0.1, 0.15) is 11.8 Å². The van der Waals surface area contributed by atoms with Gasteiger partial charge in [0, 0.05) is 23.2 Å². The minimum absolute atomic E-state index is 0.291. The van der Waals surface area contributed by atoms with E-state index in [1.54, 1.807) is 6.20 Å². The highest BCUT2D eigenvalue weighted by Crippen LogP contribution is 2.34. The van der Waals surface area contributed by atoms with E-state index in [2.05, 4.69) is 10.5 Å². The predicted octanol–water partition coefficient (Wildman–Crippen LogP) is 1.76. The van der Waals surface area contributed by atoms with Gasteiger partial charge >= 0.3 is 5.97 Å². The number of carboxylic acids is 1. The van der Waals surface area contributed by atoms with Gasteiger partial charge in [-0.2, -0.15) is 0 Å². The summed E-state index contributed by atoms with van der Waals surface area (Å²) in [6, 6.07) is 6.85. The van der Waals surface area contributed by atoms with Crippen LogP contribution in [0.4, 0.5) is 5.69 Å². The number of hydrogen-bond donors (Lipinski definition) is 2. The van der Waals surface area contributed by atoms with Crippen molar-refractivity contribution < 1.29 is 14.4 Å². The van der Waals surface area contributed by atoms with Gasteiger partial charge in [-0.1, -0.05) is 23.4 Å². The summed E-state index contributed by atoms with van der Waals surface area (Å²) >= 11 is 0. The van der Waals surface area contributed by atoms with Crippen molar-refractivity contribution >= 4 is 11.7 Å². The van der Waals surface area contributed by atoms with Crippen molar-refractivity contribution in [3.63, 3.8) is 0 Å². The van der Waals surface area contributed by atoms with Gasteiger partial charge in [0.15, 0.2) is 0 Å². The van der Waals surface area contributed by atoms with Crippen LogP contribution in [-0.2, 0) is 11.2 Å². The van der Waals surface area contributed by atoms with Crippen LogP contribution in [0.1, 0.15) is 5.76 Å². The highest BCUT2D eigenvalue weighted by Gasteiger charge is 2.27. The van der Waals surface area contributed by atoms with Crippen LogP contribution >= 0.6 is 0 Å². The molecule has 2 aromatic rings. The van der Waals surface area contributed by atoms with E-state index in [1.807, 2.05) is 24.3 Å². The van der Waals surface area contributed by atoms with Crippen molar-refractivity contribution in [3.8, 4) is 11.1 Å². The smallest absolute Gasteiger partial charge is 0.326 e. The second-order valence-corrected chi connectivity index (χ2v) is 3.95. The van der Waals surface area contributed by atoms with Crippen LogP contribution in [0.25, 0.3) is 11.1 Å². The number of nitrogens with one attached hydrogen (secondary N) is 1. The molecule has 0 saturated carbocycles. The number of benzene rings is 1. The van der Waals surface area contributed by atoms with Crippen molar-refractivity contribution in [2.45, 2.75) is 12.5 Å². The van der Waals surface area contributed by atoms with Crippen molar-refractivity contribution in [2.24, 2.45) is 0 Å². The number of para-hydroxylation sites is 1. The van der Waals surface area contributed by atoms with E-state index >= 15 is 0 Å². The first-order valence-corrected chi connectivity index (χ1v) is 5.28. The van der Waals surface area contributed by atoms with Crippen molar-refractivity contribution in [1.82, 2.24) is 5.16 Å². The summed E-state index contributed by atoms with van der Waals surface area (Å²) in [4.78, 5) is 11.1. The predicted molar refractivity (Wildman–Crippen MR) is 60.7 cm³/mol. The first-order valence-electron chi connectivity index (χ1n) is 5.28. The van der Waals surface area contributed by atoms with Crippen LogP contribution in [0, 0.1) is 0 Å². The second kappa shape index (κ2) is 3.62. The average Bonchev–Trinajstić information content (AvgIpc) is 2.71. The Morgan fingerprint density at radius 2 is 2.24 bits per heavy atom. The van der Waals surface area contributed by atoms with Crippen molar-refractivity contribution in [1.29, 1.82) is 0 Å². The summed E-state index contributed by atoms with van der Waals surface area (Å²) in [6.45, 7) is 0. The summed E-state index contributed by atoms with van der Waals surface area (Å²) in [5.41, 5.74) is 2.58. The zero-order valence-electron chi connectivity index (χ0n) is 8.88. The van der Waals surface area contributed by atoms with Crippen molar-refractivity contribution in [3.05, 3.63) is 36.2 Å². The van der Waals surface area contributed by atoms with Crippen LogP contribution in [0.2, 0.25) is 0 Å². The van der Waals surface area contributed by atoms with Crippen LogP contribution in [0.15, 0.2) is 35.0 Å². The summed E-state index contributed by atoms with van der Waals surface area (Å²) in [6.07, 6.45) is 1.92. The summed E-state index contributed by atoms with van der Waals surface area (Å²) < 4.78 is 5.12. The molecular formula is C12H10N2O3. The molecule has 0 saturated heterocycles. The number of aliphatic carboxylic acids is 1. The van der Waals surface area contributed by atoms with Gasteiger partial charge in [-0.25, -0.2) is 4.79 Å². The molecule has 0 spiro atoms. The number of hydrogen-bond acceptors (Lipinski definition) is 4. The Hall–Kier alpha value is -2.30. The molecule has 2 heterocycles. The van der Waals surface area contributed by atoms with E-state index < -0.39 is 12.0 Å². The van der Waals surface area contributed by atoms with E-state index in [-0.39, 0.29) is 0 Å². The zero-order chi connectivity index (χ0) is 11.8. The number of anilines is 1. The quantitative estimate of drug-likeness (QED) is 0.780. The van der Waals surface area contributed by atoms with E-state index in [0.29, 0.717) is 12.2 Å². The lowest BCUT2D eigenvalue weighted by molar-refractivity contribution is -0.137.